The smallest absolute Gasteiger partial charge is 0.233 e. The van der Waals surface area contributed by atoms with Crippen LogP contribution >= 0.6 is 11.6 Å². The van der Waals surface area contributed by atoms with Gasteiger partial charge in [-0.25, -0.2) is 0 Å². The molecule has 1 N–H and O–H groups in total. The first-order valence-corrected chi connectivity index (χ1v) is 9.77. The van der Waals surface area contributed by atoms with E-state index in [1.165, 1.54) is 5.56 Å². The summed E-state index contributed by atoms with van der Waals surface area (Å²) in [6.45, 7) is 3.35. The summed E-state index contributed by atoms with van der Waals surface area (Å²) < 4.78 is 0. The van der Waals surface area contributed by atoms with E-state index in [0.717, 1.165) is 37.9 Å². The summed E-state index contributed by atoms with van der Waals surface area (Å²) in [6.07, 6.45) is 2.89. The molecule has 4 nitrogen and oxygen atoms in total. The van der Waals surface area contributed by atoms with Crippen molar-refractivity contribution in [2.24, 2.45) is 5.92 Å². The summed E-state index contributed by atoms with van der Waals surface area (Å²) in [7, 11) is 0. The van der Waals surface area contributed by atoms with Gasteiger partial charge in [0.1, 0.15) is 6.42 Å². The quantitative estimate of drug-likeness (QED) is 0.774. The number of hydrogen-bond acceptors (Lipinski definition) is 2. The Balaban J connectivity index is 1.44. The summed E-state index contributed by atoms with van der Waals surface area (Å²) in [6, 6.07) is 15.8. The van der Waals surface area contributed by atoms with E-state index in [1.807, 2.05) is 24.0 Å². The molecule has 1 aliphatic heterocycles. The van der Waals surface area contributed by atoms with E-state index in [4.69, 9.17) is 11.6 Å². The number of likely N-dealkylation sites (tertiary alicyclic amines) is 1. The van der Waals surface area contributed by atoms with Crippen molar-refractivity contribution in [3.05, 3.63) is 64.7 Å². The molecular formula is C22H25ClN2O2. The first-order chi connectivity index (χ1) is 13.0. The van der Waals surface area contributed by atoms with E-state index in [0.29, 0.717) is 16.6 Å². The maximum Gasteiger partial charge on any atom is 0.233 e. The average molecular weight is 385 g/mol. The van der Waals surface area contributed by atoms with E-state index in [9.17, 15) is 9.59 Å². The standard InChI is InChI=1S/C22H25ClN2O2/c1-16-7-8-19(14-20(16)23)24-21(26)15-22(27)25-11-9-18(10-12-25)13-17-5-3-2-4-6-17/h2-8,14,18H,9-13,15H2,1H3,(H,24,26). The fraction of sp³-hybridized carbons (Fsp3) is 0.364. The normalized spacial score (nSPS) is 14.8. The van der Waals surface area contributed by atoms with Crippen LogP contribution in [0.5, 0.6) is 0 Å². The van der Waals surface area contributed by atoms with Crippen LogP contribution in [0.25, 0.3) is 0 Å². The Hall–Kier alpha value is -2.33. The monoisotopic (exact) mass is 384 g/mol. The summed E-state index contributed by atoms with van der Waals surface area (Å²) in [5, 5.41) is 3.35. The fourth-order valence-electron chi connectivity index (χ4n) is 3.46. The minimum absolute atomic E-state index is 0.108. The molecule has 0 bridgehead atoms. The zero-order valence-corrected chi connectivity index (χ0v) is 16.3. The third-order valence-corrected chi connectivity index (χ3v) is 5.51. The number of aryl methyl sites for hydroxylation is 1. The number of piperidine rings is 1. The van der Waals surface area contributed by atoms with Crippen molar-refractivity contribution >= 4 is 29.1 Å². The van der Waals surface area contributed by atoms with Crippen LogP contribution in [0.4, 0.5) is 5.69 Å². The maximum absolute atomic E-state index is 12.4. The first kappa shape index (κ1) is 19.4. The highest BCUT2D eigenvalue weighted by Gasteiger charge is 2.24. The second kappa shape index (κ2) is 9.05. The molecule has 0 radical (unpaired) electrons. The number of hydrogen-bond donors (Lipinski definition) is 1. The maximum atomic E-state index is 12.4. The van der Waals surface area contributed by atoms with E-state index in [2.05, 4.69) is 29.6 Å². The largest absolute Gasteiger partial charge is 0.342 e. The van der Waals surface area contributed by atoms with Gasteiger partial charge in [-0.15, -0.1) is 0 Å². The average Bonchev–Trinajstić information content (AvgIpc) is 2.66. The van der Waals surface area contributed by atoms with Crippen LogP contribution in [-0.4, -0.2) is 29.8 Å². The molecule has 0 aromatic heterocycles. The molecule has 3 rings (SSSR count). The van der Waals surface area contributed by atoms with Crippen molar-refractivity contribution in [1.29, 1.82) is 0 Å². The molecule has 5 heteroatoms. The van der Waals surface area contributed by atoms with E-state index in [-0.39, 0.29) is 18.2 Å². The van der Waals surface area contributed by atoms with Gasteiger partial charge in [0, 0.05) is 23.8 Å². The van der Waals surface area contributed by atoms with Crippen molar-refractivity contribution in [3.63, 3.8) is 0 Å². The number of carbonyl (C=O) groups excluding carboxylic acids is 2. The minimum atomic E-state index is -0.300. The van der Waals surface area contributed by atoms with Gasteiger partial charge in [0.2, 0.25) is 11.8 Å². The van der Waals surface area contributed by atoms with Crippen LogP contribution in [0.1, 0.15) is 30.4 Å². The second-order valence-corrected chi connectivity index (χ2v) is 7.61. The number of rotatable bonds is 5. The Bertz CT molecular complexity index is 799. The highest BCUT2D eigenvalue weighted by atomic mass is 35.5. The third kappa shape index (κ3) is 5.57. The fourth-order valence-corrected chi connectivity index (χ4v) is 3.64. The molecule has 0 spiro atoms. The number of anilines is 1. The topological polar surface area (TPSA) is 49.4 Å². The van der Waals surface area contributed by atoms with Gasteiger partial charge >= 0.3 is 0 Å². The van der Waals surface area contributed by atoms with Crippen LogP contribution < -0.4 is 5.32 Å². The number of carbonyl (C=O) groups is 2. The van der Waals surface area contributed by atoms with Gasteiger partial charge in [-0.05, 0) is 55.4 Å². The zero-order valence-electron chi connectivity index (χ0n) is 15.6. The molecule has 2 aromatic rings. The summed E-state index contributed by atoms with van der Waals surface area (Å²) in [5.41, 5.74) is 2.91. The lowest BCUT2D eigenvalue weighted by atomic mass is 9.90. The SMILES string of the molecule is Cc1ccc(NC(=O)CC(=O)N2CCC(Cc3ccccc3)CC2)cc1Cl. The Kier molecular flexibility index (Phi) is 6.51. The van der Waals surface area contributed by atoms with Crippen LogP contribution in [0, 0.1) is 12.8 Å². The van der Waals surface area contributed by atoms with Crippen LogP contribution in [0.3, 0.4) is 0 Å². The zero-order chi connectivity index (χ0) is 19.2. The Morgan fingerprint density at radius 3 is 2.48 bits per heavy atom. The molecular weight excluding hydrogens is 360 g/mol. The predicted molar refractivity (Wildman–Crippen MR) is 109 cm³/mol. The molecule has 0 saturated carbocycles. The molecule has 0 aliphatic carbocycles. The van der Waals surface area contributed by atoms with Crippen LogP contribution in [0.15, 0.2) is 48.5 Å². The Labute approximate surface area is 165 Å². The molecule has 142 valence electrons. The van der Waals surface area contributed by atoms with Crippen molar-refractivity contribution in [2.75, 3.05) is 18.4 Å². The van der Waals surface area contributed by atoms with Gasteiger partial charge in [0.25, 0.3) is 0 Å². The lowest BCUT2D eigenvalue weighted by molar-refractivity contribution is -0.135. The number of benzene rings is 2. The lowest BCUT2D eigenvalue weighted by Gasteiger charge is -2.32. The number of amides is 2. The van der Waals surface area contributed by atoms with Crippen LogP contribution in [-0.2, 0) is 16.0 Å². The summed E-state index contributed by atoms with van der Waals surface area (Å²) >= 11 is 6.07. The van der Waals surface area contributed by atoms with E-state index in [1.54, 1.807) is 12.1 Å². The van der Waals surface area contributed by atoms with Gasteiger partial charge in [-0.2, -0.15) is 0 Å². The second-order valence-electron chi connectivity index (χ2n) is 7.20. The molecule has 27 heavy (non-hydrogen) atoms. The van der Waals surface area contributed by atoms with E-state index >= 15 is 0 Å². The Morgan fingerprint density at radius 2 is 1.81 bits per heavy atom. The Morgan fingerprint density at radius 1 is 1.11 bits per heavy atom. The minimum Gasteiger partial charge on any atom is -0.342 e. The van der Waals surface area contributed by atoms with Crippen molar-refractivity contribution in [1.82, 2.24) is 4.90 Å². The summed E-state index contributed by atoms with van der Waals surface area (Å²) in [5.74, 6) is 0.190. The highest BCUT2D eigenvalue weighted by Crippen LogP contribution is 2.23. The highest BCUT2D eigenvalue weighted by molar-refractivity contribution is 6.31. The molecule has 2 aromatic carbocycles. The molecule has 1 aliphatic rings. The first-order valence-electron chi connectivity index (χ1n) is 9.39. The molecule has 1 heterocycles. The number of halogens is 1. The van der Waals surface area contributed by atoms with Crippen molar-refractivity contribution in [3.8, 4) is 0 Å². The van der Waals surface area contributed by atoms with Gasteiger partial charge < -0.3 is 10.2 Å². The number of nitrogens with zero attached hydrogens (tertiary/aromatic N) is 1. The third-order valence-electron chi connectivity index (χ3n) is 5.10. The van der Waals surface area contributed by atoms with Gasteiger partial charge in [-0.3, -0.25) is 9.59 Å². The molecule has 0 atom stereocenters. The van der Waals surface area contributed by atoms with Crippen molar-refractivity contribution < 1.29 is 9.59 Å². The van der Waals surface area contributed by atoms with E-state index < -0.39 is 0 Å². The summed E-state index contributed by atoms with van der Waals surface area (Å²) in [4.78, 5) is 26.4. The lowest BCUT2D eigenvalue weighted by Crippen LogP contribution is -2.40. The van der Waals surface area contributed by atoms with Gasteiger partial charge in [-0.1, -0.05) is 48.0 Å². The number of nitrogens with one attached hydrogen (secondary N) is 1. The van der Waals surface area contributed by atoms with Crippen molar-refractivity contribution in [2.45, 2.75) is 32.6 Å². The molecule has 1 fully saturated rings. The molecule has 1 saturated heterocycles. The van der Waals surface area contributed by atoms with Crippen LogP contribution in [0.2, 0.25) is 5.02 Å². The molecule has 2 amide bonds. The van der Waals surface area contributed by atoms with Gasteiger partial charge in [0.15, 0.2) is 0 Å². The van der Waals surface area contributed by atoms with Gasteiger partial charge in [0.05, 0.1) is 0 Å². The predicted octanol–water partition coefficient (Wildman–Crippen LogP) is 4.46. The molecule has 0 unspecified atom stereocenters.